The fourth-order valence-electron chi connectivity index (χ4n) is 7.55. The van der Waals surface area contributed by atoms with Crippen LogP contribution < -0.4 is 0 Å². The van der Waals surface area contributed by atoms with Crippen LogP contribution in [0.4, 0.5) is 0 Å². The Labute approximate surface area is 194 Å². The summed E-state index contributed by atoms with van der Waals surface area (Å²) in [5, 5.41) is 23.7. The second-order valence-corrected chi connectivity index (χ2v) is 10.8. The Balaban J connectivity index is 1.70. The zero-order valence-electron chi connectivity index (χ0n) is 20.0. The SMILES string of the molecule is CC(=O)OCC(=O)[C@H]1C(C)C[C@H]2[C@@H]3CC=C4C=C(OC(C)=O)C=C[C@]4(C)[C@@]3(O)C(O)C[C@]12C. The molecule has 4 aliphatic rings. The van der Waals surface area contributed by atoms with Gasteiger partial charge in [0.2, 0.25) is 0 Å². The van der Waals surface area contributed by atoms with E-state index < -0.39 is 34.5 Å². The van der Waals surface area contributed by atoms with Crippen molar-refractivity contribution in [1.82, 2.24) is 0 Å². The van der Waals surface area contributed by atoms with Gasteiger partial charge in [0.1, 0.15) is 18.0 Å². The highest BCUT2D eigenvalue weighted by Crippen LogP contribution is 2.67. The van der Waals surface area contributed by atoms with Gasteiger partial charge in [0.15, 0.2) is 5.78 Å². The largest absolute Gasteiger partial charge is 0.458 e. The van der Waals surface area contributed by atoms with Crippen molar-refractivity contribution in [3.05, 3.63) is 35.6 Å². The molecule has 0 bridgehead atoms. The third-order valence-electron chi connectivity index (χ3n) is 8.87. The first-order valence-corrected chi connectivity index (χ1v) is 11.7. The summed E-state index contributed by atoms with van der Waals surface area (Å²) in [5.74, 6) is -1.14. The second kappa shape index (κ2) is 7.91. The van der Waals surface area contributed by atoms with E-state index in [1.54, 1.807) is 12.2 Å². The molecule has 7 heteroatoms. The van der Waals surface area contributed by atoms with Crippen LogP contribution in [0.5, 0.6) is 0 Å². The van der Waals surface area contributed by atoms with E-state index >= 15 is 0 Å². The molecule has 0 aromatic rings. The van der Waals surface area contributed by atoms with Gasteiger partial charge in [0, 0.05) is 25.2 Å². The van der Waals surface area contributed by atoms with Gasteiger partial charge in [-0.2, -0.15) is 0 Å². The summed E-state index contributed by atoms with van der Waals surface area (Å²) >= 11 is 0. The van der Waals surface area contributed by atoms with Gasteiger partial charge in [-0.15, -0.1) is 0 Å². The highest BCUT2D eigenvalue weighted by atomic mass is 16.5. The van der Waals surface area contributed by atoms with Crippen LogP contribution in [0.3, 0.4) is 0 Å². The minimum atomic E-state index is -1.43. The van der Waals surface area contributed by atoms with Crippen molar-refractivity contribution in [2.24, 2.45) is 34.5 Å². The molecule has 33 heavy (non-hydrogen) atoms. The molecular weight excluding hydrogens is 424 g/mol. The van der Waals surface area contributed by atoms with Gasteiger partial charge in [0.25, 0.3) is 0 Å². The van der Waals surface area contributed by atoms with Crippen LogP contribution >= 0.6 is 0 Å². The summed E-state index contributed by atoms with van der Waals surface area (Å²) in [6.07, 6.45) is 7.86. The Morgan fingerprint density at radius 1 is 1.15 bits per heavy atom. The first kappa shape index (κ1) is 23.9. The van der Waals surface area contributed by atoms with E-state index in [1.165, 1.54) is 13.8 Å². The quantitative estimate of drug-likeness (QED) is 0.623. The normalized spacial score (nSPS) is 43.4. The van der Waals surface area contributed by atoms with E-state index in [0.717, 1.165) is 12.0 Å². The van der Waals surface area contributed by atoms with Crippen LogP contribution in [0, 0.1) is 34.5 Å². The minimum Gasteiger partial charge on any atom is -0.458 e. The number of hydrogen-bond donors (Lipinski definition) is 2. The van der Waals surface area contributed by atoms with Gasteiger partial charge >= 0.3 is 11.9 Å². The van der Waals surface area contributed by atoms with Gasteiger partial charge < -0.3 is 19.7 Å². The van der Waals surface area contributed by atoms with Crippen LogP contribution in [-0.4, -0.2) is 46.2 Å². The van der Waals surface area contributed by atoms with Crippen molar-refractivity contribution in [2.75, 3.05) is 6.61 Å². The lowest BCUT2D eigenvalue weighted by atomic mass is 9.45. The molecule has 0 aliphatic heterocycles. The molecule has 0 aromatic carbocycles. The Morgan fingerprint density at radius 3 is 2.48 bits per heavy atom. The molecule has 0 amide bonds. The zero-order valence-corrected chi connectivity index (χ0v) is 20.0. The number of Topliss-reactive ketones (excluding diaryl/α,β-unsaturated/α-hetero) is 1. The predicted molar refractivity (Wildman–Crippen MR) is 119 cm³/mol. The number of carbonyl (C=O) groups is 3. The van der Waals surface area contributed by atoms with Crippen molar-refractivity contribution in [1.29, 1.82) is 0 Å². The van der Waals surface area contributed by atoms with Gasteiger partial charge in [-0.25, -0.2) is 0 Å². The Hall–Kier alpha value is -2.25. The molecule has 2 N–H and O–H groups in total. The molecule has 0 saturated heterocycles. The number of carbonyl (C=O) groups excluding carboxylic acids is 3. The van der Waals surface area contributed by atoms with Crippen molar-refractivity contribution >= 4 is 17.7 Å². The van der Waals surface area contributed by atoms with Crippen molar-refractivity contribution in [2.45, 2.75) is 65.6 Å². The summed E-state index contributed by atoms with van der Waals surface area (Å²) in [4.78, 5) is 35.7. The average molecular weight is 459 g/mol. The maximum absolute atomic E-state index is 13.1. The van der Waals surface area contributed by atoms with E-state index in [1.807, 2.05) is 26.8 Å². The molecule has 0 aromatic heterocycles. The zero-order chi connectivity index (χ0) is 24.3. The third kappa shape index (κ3) is 3.43. The van der Waals surface area contributed by atoms with Gasteiger partial charge in [-0.05, 0) is 67.1 Å². The number of ether oxygens (including phenoxy) is 2. The fourth-order valence-corrected chi connectivity index (χ4v) is 7.55. The molecule has 180 valence electrons. The van der Waals surface area contributed by atoms with Gasteiger partial charge in [-0.3, -0.25) is 14.4 Å². The van der Waals surface area contributed by atoms with Crippen molar-refractivity contribution < 1.29 is 34.1 Å². The average Bonchev–Trinajstić information content (AvgIpc) is 2.97. The number of rotatable bonds is 4. The minimum absolute atomic E-state index is 0.0223. The number of ketones is 1. The lowest BCUT2D eigenvalue weighted by Crippen LogP contribution is -2.68. The van der Waals surface area contributed by atoms with Gasteiger partial charge in [0.05, 0.1) is 6.10 Å². The Kier molecular flexibility index (Phi) is 5.73. The van der Waals surface area contributed by atoms with Crippen molar-refractivity contribution in [3.63, 3.8) is 0 Å². The second-order valence-electron chi connectivity index (χ2n) is 10.8. The molecule has 2 fully saturated rings. The topological polar surface area (TPSA) is 110 Å². The van der Waals surface area contributed by atoms with Crippen LogP contribution in [0.25, 0.3) is 0 Å². The van der Waals surface area contributed by atoms with E-state index in [2.05, 4.69) is 6.08 Å². The summed E-state index contributed by atoms with van der Waals surface area (Å²) in [6, 6.07) is 0. The number of aliphatic hydroxyl groups excluding tert-OH is 1. The molecule has 8 atom stereocenters. The molecule has 2 unspecified atom stereocenters. The molecule has 0 heterocycles. The highest BCUT2D eigenvalue weighted by molar-refractivity contribution is 5.85. The van der Waals surface area contributed by atoms with Gasteiger partial charge in [-0.1, -0.05) is 26.0 Å². The number of esters is 2. The van der Waals surface area contributed by atoms with Crippen LogP contribution in [0.2, 0.25) is 0 Å². The summed E-state index contributed by atoms with van der Waals surface area (Å²) < 4.78 is 10.2. The predicted octanol–water partition coefficient (Wildman–Crippen LogP) is 2.86. The summed E-state index contributed by atoms with van der Waals surface area (Å²) in [7, 11) is 0. The van der Waals surface area contributed by atoms with Crippen LogP contribution in [0.1, 0.15) is 53.9 Å². The lowest BCUT2D eigenvalue weighted by Gasteiger charge is -2.62. The molecule has 4 aliphatic carbocycles. The number of allylic oxidation sites excluding steroid dienone is 3. The maximum atomic E-state index is 13.1. The van der Waals surface area contributed by atoms with Crippen LogP contribution in [0.15, 0.2) is 35.6 Å². The molecule has 7 nitrogen and oxygen atoms in total. The Bertz CT molecular complexity index is 977. The van der Waals surface area contributed by atoms with E-state index in [9.17, 15) is 24.6 Å². The lowest BCUT2D eigenvalue weighted by molar-refractivity contribution is -0.227. The van der Waals surface area contributed by atoms with Crippen molar-refractivity contribution in [3.8, 4) is 0 Å². The molecular formula is C26H34O7. The monoisotopic (exact) mass is 458 g/mol. The molecule has 4 rings (SSSR count). The maximum Gasteiger partial charge on any atom is 0.308 e. The smallest absolute Gasteiger partial charge is 0.308 e. The summed E-state index contributed by atoms with van der Waals surface area (Å²) in [6.45, 7) is 8.35. The van der Waals surface area contributed by atoms with E-state index in [-0.39, 0.29) is 42.5 Å². The summed E-state index contributed by atoms with van der Waals surface area (Å²) in [5.41, 5.74) is -1.98. The standard InChI is InChI=1S/C26H34O7/c1-14-10-20-19-7-6-17-11-18(33-16(3)28)8-9-25(17,5)26(19,31)22(30)12-24(20,4)23(14)21(29)13-32-15(2)27/h6,8-9,11,14,19-20,22-23,30-31H,7,10,12-13H2,1-5H3/t14?,19-,20-,22?,23+,24-,25-,26-/m0/s1. The molecule has 0 spiro atoms. The first-order valence-electron chi connectivity index (χ1n) is 11.7. The van der Waals surface area contributed by atoms with E-state index in [0.29, 0.717) is 12.2 Å². The van der Waals surface area contributed by atoms with E-state index in [4.69, 9.17) is 9.47 Å². The first-order chi connectivity index (χ1) is 15.3. The Morgan fingerprint density at radius 2 is 1.85 bits per heavy atom. The molecule has 0 radical (unpaired) electrons. The fraction of sp³-hybridized carbons (Fsp3) is 0.654. The van der Waals surface area contributed by atoms with Crippen LogP contribution in [-0.2, 0) is 23.9 Å². The number of aliphatic hydroxyl groups is 2. The highest BCUT2D eigenvalue weighted by Gasteiger charge is 2.70. The number of fused-ring (bicyclic) bond motifs is 5. The number of hydrogen-bond acceptors (Lipinski definition) is 7. The molecule has 2 saturated carbocycles. The third-order valence-corrected chi connectivity index (χ3v) is 8.87.